The summed E-state index contributed by atoms with van der Waals surface area (Å²) < 4.78 is 36.2. The molecule has 2 aromatic rings. The van der Waals surface area contributed by atoms with Crippen molar-refractivity contribution in [2.75, 3.05) is 14.2 Å². The number of ketones is 1. The van der Waals surface area contributed by atoms with Crippen LogP contribution in [-0.4, -0.2) is 30.0 Å². The van der Waals surface area contributed by atoms with E-state index in [9.17, 15) is 13.6 Å². The van der Waals surface area contributed by atoms with Crippen molar-refractivity contribution < 1.29 is 23.0 Å². The average molecular weight is 280 g/mol. The Balaban J connectivity index is 2.47. The molecule has 7 heteroatoms. The number of hydrogen-bond acceptors (Lipinski definition) is 5. The van der Waals surface area contributed by atoms with Crippen molar-refractivity contribution in [2.45, 2.75) is 0 Å². The Bertz CT molecular complexity index is 662. The SMILES string of the molecule is COc1cnc(C(=O)c2ccc(F)cc2F)c(OC)n1. The summed E-state index contributed by atoms with van der Waals surface area (Å²) in [7, 11) is 2.67. The van der Waals surface area contributed by atoms with E-state index in [1.54, 1.807) is 0 Å². The van der Waals surface area contributed by atoms with E-state index in [0.29, 0.717) is 6.07 Å². The molecular formula is C13H10F2N2O3. The molecule has 104 valence electrons. The molecule has 0 aliphatic carbocycles. The van der Waals surface area contributed by atoms with Crippen LogP contribution in [0.5, 0.6) is 11.8 Å². The fourth-order valence-corrected chi connectivity index (χ4v) is 1.55. The molecule has 0 radical (unpaired) electrons. The summed E-state index contributed by atoms with van der Waals surface area (Å²) in [4.78, 5) is 19.9. The van der Waals surface area contributed by atoms with E-state index >= 15 is 0 Å². The topological polar surface area (TPSA) is 61.3 Å². The third-order valence-corrected chi connectivity index (χ3v) is 2.51. The number of rotatable bonds is 4. The molecule has 0 unspecified atom stereocenters. The highest BCUT2D eigenvalue weighted by molar-refractivity contribution is 6.09. The van der Waals surface area contributed by atoms with Gasteiger partial charge in [-0.1, -0.05) is 0 Å². The van der Waals surface area contributed by atoms with Crippen molar-refractivity contribution in [3.8, 4) is 11.8 Å². The van der Waals surface area contributed by atoms with Gasteiger partial charge in [-0.15, -0.1) is 0 Å². The lowest BCUT2D eigenvalue weighted by molar-refractivity contribution is 0.102. The van der Waals surface area contributed by atoms with Crippen LogP contribution in [0.4, 0.5) is 8.78 Å². The average Bonchev–Trinajstić information content (AvgIpc) is 2.46. The standard InChI is InChI=1S/C13H10F2N2O3/c1-19-10-6-16-11(13(17-10)20-2)12(18)8-4-3-7(14)5-9(8)15/h3-6H,1-2H3. The smallest absolute Gasteiger partial charge is 0.247 e. The maximum absolute atomic E-state index is 13.6. The molecule has 0 amide bonds. The van der Waals surface area contributed by atoms with Gasteiger partial charge in [0.1, 0.15) is 11.6 Å². The first-order valence-electron chi connectivity index (χ1n) is 5.51. The van der Waals surface area contributed by atoms with E-state index < -0.39 is 17.4 Å². The van der Waals surface area contributed by atoms with Crippen LogP contribution in [0.2, 0.25) is 0 Å². The summed E-state index contributed by atoms with van der Waals surface area (Å²) in [5.41, 5.74) is -0.497. The number of halogens is 2. The van der Waals surface area contributed by atoms with Gasteiger partial charge in [0.25, 0.3) is 0 Å². The van der Waals surface area contributed by atoms with Gasteiger partial charge in [0, 0.05) is 6.07 Å². The van der Waals surface area contributed by atoms with Crippen molar-refractivity contribution in [3.05, 3.63) is 47.3 Å². The number of ether oxygens (including phenoxy) is 2. The predicted octanol–water partition coefficient (Wildman–Crippen LogP) is 2.00. The molecule has 0 N–H and O–H groups in total. The van der Waals surface area contributed by atoms with Crippen LogP contribution >= 0.6 is 0 Å². The Morgan fingerprint density at radius 2 is 1.95 bits per heavy atom. The predicted molar refractivity (Wildman–Crippen MR) is 64.9 cm³/mol. The second-order valence-electron chi connectivity index (χ2n) is 3.72. The fraction of sp³-hybridized carbons (Fsp3) is 0.154. The Morgan fingerprint density at radius 3 is 2.55 bits per heavy atom. The Hall–Kier alpha value is -2.57. The third kappa shape index (κ3) is 2.56. The summed E-state index contributed by atoms with van der Waals surface area (Å²) in [6.07, 6.45) is 1.21. The van der Waals surface area contributed by atoms with E-state index in [4.69, 9.17) is 9.47 Å². The zero-order chi connectivity index (χ0) is 14.7. The van der Waals surface area contributed by atoms with E-state index in [2.05, 4.69) is 9.97 Å². The zero-order valence-electron chi connectivity index (χ0n) is 10.7. The summed E-state index contributed by atoms with van der Waals surface area (Å²) in [6, 6.07) is 2.65. The number of aromatic nitrogens is 2. The zero-order valence-corrected chi connectivity index (χ0v) is 10.7. The molecule has 0 bridgehead atoms. The normalized spacial score (nSPS) is 10.2. The first-order chi connectivity index (χ1) is 9.56. The van der Waals surface area contributed by atoms with Crippen LogP contribution in [0.3, 0.4) is 0 Å². The van der Waals surface area contributed by atoms with Crippen molar-refractivity contribution in [2.24, 2.45) is 0 Å². The summed E-state index contributed by atoms with van der Waals surface area (Å²) in [5, 5.41) is 0. The van der Waals surface area contributed by atoms with Gasteiger partial charge in [0.05, 0.1) is 26.0 Å². The fourth-order valence-electron chi connectivity index (χ4n) is 1.55. The van der Waals surface area contributed by atoms with Gasteiger partial charge in [0.2, 0.25) is 17.5 Å². The van der Waals surface area contributed by atoms with Crippen LogP contribution in [-0.2, 0) is 0 Å². The van der Waals surface area contributed by atoms with Crippen LogP contribution in [0.15, 0.2) is 24.4 Å². The highest BCUT2D eigenvalue weighted by Crippen LogP contribution is 2.21. The molecule has 0 saturated carbocycles. The molecule has 0 aliphatic rings. The van der Waals surface area contributed by atoms with Crippen LogP contribution in [0, 0.1) is 11.6 Å². The molecule has 0 aliphatic heterocycles. The van der Waals surface area contributed by atoms with E-state index in [1.165, 1.54) is 20.4 Å². The molecule has 1 heterocycles. The van der Waals surface area contributed by atoms with Gasteiger partial charge in [-0.25, -0.2) is 13.8 Å². The lowest BCUT2D eigenvalue weighted by Crippen LogP contribution is -2.10. The summed E-state index contributed by atoms with van der Waals surface area (Å²) in [5.74, 6) is -2.45. The van der Waals surface area contributed by atoms with E-state index in [1.807, 2.05) is 0 Å². The van der Waals surface area contributed by atoms with Crippen molar-refractivity contribution in [1.82, 2.24) is 9.97 Å². The molecule has 20 heavy (non-hydrogen) atoms. The highest BCUT2D eigenvalue weighted by atomic mass is 19.1. The quantitative estimate of drug-likeness (QED) is 0.802. The number of carbonyl (C=O) groups is 1. The number of carbonyl (C=O) groups excluding carboxylic acids is 1. The van der Waals surface area contributed by atoms with Crippen LogP contribution in [0.1, 0.15) is 16.1 Å². The van der Waals surface area contributed by atoms with Crippen molar-refractivity contribution >= 4 is 5.78 Å². The maximum Gasteiger partial charge on any atom is 0.247 e. The van der Waals surface area contributed by atoms with Gasteiger partial charge >= 0.3 is 0 Å². The second-order valence-corrected chi connectivity index (χ2v) is 3.72. The molecule has 5 nitrogen and oxygen atoms in total. The summed E-state index contributed by atoms with van der Waals surface area (Å²) in [6.45, 7) is 0. The molecule has 1 aromatic heterocycles. The minimum Gasteiger partial charge on any atom is -0.480 e. The number of benzene rings is 1. The Morgan fingerprint density at radius 1 is 1.20 bits per heavy atom. The van der Waals surface area contributed by atoms with Crippen LogP contribution in [0.25, 0.3) is 0 Å². The first kappa shape index (κ1) is 13.9. The minimum atomic E-state index is -0.977. The van der Waals surface area contributed by atoms with Gasteiger partial charge < -0.3 is 9.47 Å². The van der Waals surface area contributed by atoms with Crippen molar-refractivity contribution in [3.63, 3.8) is 0 Å². The monoisotopic (exact) mass is 280 g/mol. The minimum absolute atomic E-state index is 0.0990. The van der Waals surface area contributed by atoms with E-state index in [-0.39, 0.29) is 23.0 Å². The second kappa shape index (κ2) is 5.60. The molecule has 0 atom stereocenters. The Labute approximate surface area is 113 Å². The number of methoxy groups -OCH3 is 2. The lowest BCUT2D eigenvalue weighted by atomic mass is 10.1. The maximum atomic E-state index is 13.6. The Kier molecular flexibility index (Phi) is 3.88. The highest BCUT2D eigenvalue weighted by Gasteiger charge is 2.21. The van der Waals surface area contributed by atoms with Gasteiger partial charge in [0.15, 0.2) is 5.69 Å². The van der Waals surface area contributed by atoms with Crippen LogP contribution < -0.4 is 9.47 Å². The largest absolute Gasteiger partial charge is 0.480 e. The van der Waals surface area contributed by atoms with Crippen molar-refractivity contribution in [1.29, 1.82) is 0 Å². The number of nitrogens with zero attached hydrogens (tertiary/aromatic N) is 2. The lowest BCUT2D eigenvalue weighted by Gasteiger charge is -2.07. The first-order valence-corrected chi connectivity index (χ1v) is 5.51. The third-order valence-electron chi connectivity index (χ3n) is 2.51. The molecule has 2 rings (SSSR count). The molecular weight excluding hydrogens is 270 g/mol. The summed E-state index contributed by atoms with van der Waals surface area (Å²) >= 11 is 0. The molecule has 0 spiro atoms. The van der Waals surface area contributed by atoms with Gasteiger partial charge in [-0.3, -0.25) is 4.79 Å². The van der Waals surface area contributed by atoms with Gasteiger partial charge in [-0.2, -0.15) is 4.98 Å². The van der Waals surface area contributed by atoms with E-state index in [0.717, 1.165) is 12.1 Å². The van der Waals surface area contributed by atoms with Gasteiger partial charge in [-0.05, 0) is 12.1 Å². The number of hydrogen-bond donors (Lipinski definition) is 0. The molecule has 0 saturated heterocycles. The molecule has 0 fully saturated rings. The molecule has 1 aromatic carbocycles.